The monoisotopic (exact) mass is 494 g/mol. The van der Waals surface area contributed by atoms with Gasteiger partial charge in [0.05, 0.1) is 19.8 Å². The van der Waals surface area contributed by atoms with Gasteiger partial charge >= 0.3 is 0 Å². The van der Waals surface area contributed by atoms with Gasteiger partial charge in [-0.1, -0.05) is 0 Å². The van der Waals surface area contributed by atoms with Gasteiger partial charge < -0.3 is 20.1 Å². The van der Waals surface area contributed by atoms with Gasteiger partial charge in [-0.05, 0) is 50.6 Å². The fraction of sp³-hybridized carbons (Fsp3) is 0.632. The Bertz CT molecular complexity index is 539. The fourth-order valence-corrected chi connectivity index (χ4v) is 2.74. The van der Waals surface area contributed by atoms with Gasteiger partial charge in [-0.15, -0.1) is 24.0 Å². The normalized spacial score (nSPS) is 16.3. The van der Waals surface area contributed by atoms with Crippen molar-refractivity contribution < 1.29 is 13.9 Å². The van der Waals surface area contributed by atoms with Gasteiger partial charge in [0, 0.05) is 26.7 Å². The van der Waals surface area contributed by atoms with E-state index < -0.39 is 0 Å². The summed E-state index contributed by atoms with van der Waals surface area (Å²) in [5.41, 5.74) is 0. The number of hydrogen-bond donors (Lipinski definition) is 2. The van der Waals surface area contributed by atoms with Crippen molar-refractivity contribution in [2.75, 3.05) is 53.0 Å². The second kappa shape index (κ2) is 14.0. The molecule has 2 rings (SSSR count). The van der Waals surface area contributed by atoms with Crippen LogP contribution in [0.1, 0.15) is 19.8 Å². The Kier molecular flexibility index (Phi) is 12.4. The second-order valence-corrected chi connectivity index (χ2v) is 6.42. The predicted molar refractivity (Wildman–Crippen MR) is 118 cm³/mol. The van der Waals surface area contributed by atoms with Crippen LogP contribution in [0.4, 0.5) is 4.39 Å². The van der Waals surface area contributed by atoms with Crippen LogP contribution in [0.2, 0.25) is 0 Å². The summed E-state index contributed by atoms with van der Waals surface area (Å²) < 4.78 is 24.0. The van der Waals surface area contributed by atoms with E-state index in [0.29, 0.717) is 12.3 Å². The van der Waals surface area contributed by atoms with Crippen LogP contribution in [0.25, 0.3) is 0 Å². The highest BCUT2D eigenvalue weighted by atomic mass is 127. The molecule has 154 valence electrons. The summed E-state index contributed by atoms with van der Waals surface area (Å²) in [4.78, 5) is 6.68. The van der Waals surface area contributed by atoms with Crippen molar-refractivity contribution in [2.45, 2.75) is 25.9 Å². The number of aliphatic imine (C=N–C) groups is 1. The number of rotatable bonds is 9. The molecule has 27 heavy (non-hydrogen) atoms. The van der Waals surface area contributed by atoms with Crippen LogP contribution in [-0.2, 0) is 4.74 Å². The fourth-order valence-electron chi connectivity index (χ4n) is 2.74. The average Bonchev–Trinajstić information content (AvgIpc) is 2.66. The Hall–Kier alpha value is -1.13. The molecule has 1 aliphatic heterocycles. The van der Waals surface area contributed by atoms with Crippen LogP contribution in [0.3, 0.4) is 0 Å². The molecule has 8 heteroatoms. The number of halogens is 2. The van der Waals surface area contributed by atoms with Gasteiger partial charge in [0.25, 0.3) is 0 Å². The molecule has 6 nitrogen and oxygen atoms in total. The quantitative estimate of drug-likeness (QED) is 0.239. The number of ether oxygens (including phenoxy) is 2. The zero-order chi connectivity index (χ0) is 18.6. The van der Waals surface area contributed by atoms with E-state index in [1.165, 1.54) is 12.1 Å². The molecule has 1 aromatic carbocycles. The molecule has 0 saturated carbocycles. The van der Waals surface area contributed by atoms with E-state index in [0.717, 1.165) is 58.2 Å². The van der Waals surface area contributed by atoms with Crippen molar-refractivity contribution in [3.8, 4) is 5.75 Å². The molecular formula is C19H32FIN4O2. The molecule has 1 saturated heterocycles. The van der Waals surface area contributed by atoms with E-state index in [-0.39, 0.29) is 35.9 Å². The minimum atomic E-state index is -0.263. The Balaban J connectivity index is 0.00000364. The lowest BCUT2D eigenvalue weighted by molar-refractivity contribution is 0.0372. The van der Waals surface area contributed by atoms with Crippen LogP contribution < -0.4 is 15.4 Å². The Morgan fingerprint density at radius 2 is 1.93 bits per heavy atom. The van der Waals surface area contributed by atoms with E-state index >= 15 is 0 Å². The largest absolute Gasteiger partial charge is 0.489 e. The number of nitrogens with one attached hydrogen (secondary N) is 2. The highest BCUT2D eigenvalue weighted by Crippen LogP contribution is 2.12. The summed E-state index contributed by atoms with van der Waals surface area (Å²) in [6, 6.07) is 6.06. The molecule has 1 heterocycles. The second-order valence-electron chi connectivity index (χ2n) is 6.42. The summed E-state index contributed by atoms with van der Waals surface area (Å²) in [6.07, 6.45) is 2.20. The van der Waals surface area contributed by atoms with Gasteiger partial charge in [-0.2, -0.15) is 0 Å². The van der Waals surface area contributed by atoms with Crippen molar-refractivity contribution in [1.29, 1.82) is 0 Å². The maximum absolute atomic E-state index is 12.9. The van der Waals surface area contributed by atoms with Crippen molar-refractivity contribution in [2.24, 2.45) is 4.99 Å². The van der Waals surface area contributed by atoms with Crippen LogP contribution in [0.5, 0.6) is 5.75 Å². The van der Waals surface area contributed by atoms with Crippen molar-refractivity contribution in [3.63, 3.8) is 0 Å². The standard InChI is InChI=1S/C19H31FN4O2.HI/c1-16(26-18-7-5-17(20)6-8-18)15-23-19(21-2)22-9-3-4-10-24-11-13-25-14-12-24;/h5-8,16H,3-4,9-15H2,1-2H3,(H2,21,22,23);1H. The first kappa shape index (κ1) is 23.9. The lowest BCUT2D eigenvalue weighted by atomic mass is 10.2. The van der Waals surface area contributed by atoms with Crippen LogP contribution in [0.15, 0.2) is 29.3 Å². The zero-order valence-electron chi connectivity index (χ0n) is 16.2. The van der Waals surface area contributed by atoms with E-state index in [9.17, 15) is 4.39 Å². The molecule has 1 aliphatic rings. The smallest absolute Gasteiger partial charge is 0.191 e. The first-order valence-electron chi connectivity index (χ1n) is 9.34. The van der Waals surface area contributed by atoms with Gasteiger partial charge in [-0.3, -0.25) is 9.89 Å². The highest BCUT2D eigenvalue weighted by Gasteiger charge is 2.09. The van der Waals surface area contributed by atoms with E-state index in [1.54, 1.807) is 19.2 Å². The van der Waals surface area contributed by atoms with Crippen molar-refractivity contribution in [3.05, 3.63) is 30.1 Å². The maximum atomic E-state index is 12.9. The summed E-state index contributed by atoms with van der Waals surface area (Å²) >= 11 is 0. The number of unbranched alkanes of at least 4 members (excludes halogenated alkanes) is 1. The predicted octanol–water partition coefficient (Wildman–Crippen LogP) is 2.49. The summed E-state index contributed by atoms with van der Waals surface area (Å²) in [6.45, 7) is 8.39. The molecule has 1 aromatic rings. The summed E-state index contributed by atoms with van der Waals surface area (Å²) in [7, 11) is 1.76. The van der Waals surface area contributed by atoms with Crippen LogP contribution in [0, 0.1) is 5.82 Å². The summed E-state index contributed by atoms with van der Waals surface area (Å²) in [5, 5.41) is 6.58. The molecular weight excluding hydrogens is 462 g/mol. The Morgan fingerprint density at radius 1 is 1.22 bits per heavy atom. The van der Waals surface area contributed by atoms with Crippen molar-refractivity contribution >= 4 is 29.9 Å². The number of hydrogen-bond acceptors (Lipinski definition) is 4. The maximum Gasteiger partial charge on any atom is 0.191 e. The summed E-state index contributed by atoms with van der Waals surface area (Å²) in [5.74, 6) is 1.17. The SMILES string of the molecule is CN=C(NCCCCN1CCOCC1)NCC(C)Oc1ccc(F)cc1.I. The number of nitrogens with zero attached hydrogens (tertiary/aromatic N) is 2. The molecule has 0 aromatic heterocycles. The highest BCUT2D eigenvalue weighted by molar-refractivity contribution is 14.0. The minimum Gasteiger partial charge on any atom is -0.489 e. The third-order valence-corrected chi connectivity index (χ3v) is 4.23. The molecule has 2 N–H and O–H groups in total. The molecule has 0 radical (unpaired) electrons. The molecule has 0 aliphatic carbocycles. The van der Waals surface area contributed by atoms with Crippen molar-refractivity contribution in [1.82, 2.24) is 15.5 Å². The average molecular weight is 494 g/mol. The van der Waals surface area contributed by atoms with E-state index in [1.807, 2.05) is 6.92 Å². The number of benzene rings is 1. The molecule has 0 bridgehead atoms. The molecule has 0 spiro atoms. The lowest BCUT2D eigenvalue weighted by Crippen LogP contribution is -2.42. The first-order chi connectivity index (χ1) is 12.7. The zero-order valence-corrected chi connectivity index (χ0v) is 18.6. The minimum absolute atomic E-state index is 0. The van der Waals surface area contributed by atoms with Crippen LogP contribution >= 0.6 is 24.0 Å². The van der Waals surface area contributed by atoms with Crippen LogP contribution in [-0.4, -0.2) is 69.9 Å². The molecule has 1 atom stereocenters. The van der Waals surface area contributed by atoms with Gasteiger partial charge in [0.2, 0.25) is 0 Å². The Labute approximate surface area is 178 Å². The lowest BCUT2D eigenvalue weighted by Gasteiger charge is -2.26. The van der Waals surface area contributed by atoms with Gasteiger partial charge in [-0.25, -0.2) is 4.39 Å². The van der Waals surface area contributed by atoms with E-state index in [4.69, 9.17) is 9.47 Å². The third kappa shape index (κ3) is 10.1. The van der Waals surface area contributed by atoms with E-state index in [2.05, 4.69) is 20.5 Å². The topological polar surface area (TPSA) is 58.1 Å². The first-order valence-corrected chi connectivity index (χ1v) is 9.34. The van der Waals surface area contributed by atoms with Gasteiger partial charge in [0.15, 0.2) is 5.96 Å². The number of morpholine rings is 1. The number of guanidine groups is 1. The molecule has 1 fully saturated rings. The molecule has 0 amide bonds. The third-order valence-electron chi connectivity index (χ3n) is 4.23. The molecule has 1 unspecified atom stereocenters. The Morgan fingerprint density at radius 3 is 2.59 bits per heavy atom. The van der Waals surface area contributed by atoms with Gasteiger partial charge in [0.1, 0.15) is 17.7 Å².